The number of amidine groups is 1. The Morgan fingerprint density at radius 3 is 2.58 bits per heavy atom. The molecule has 1 aromatic rings. The third-order valence-corrected chi connectivity index (χ3v) is 3.36. The lowest BCUT2D eigenvalue weighted by Gasteiger charge is -2.21. The quantitative estimate of drug-likeness (QED) is 0.792. The van der Waals surface area contributed by atoms with Crippen LogP contribution in [0.25, 0.3) is 0 Å². The number of aliphatic imine (C=N–C) groups is 1. The summed E-state index contributed by atoms with van der Waals surface area (Å²) in [5.74, 6) is -0.172. The van der Waals surface area contributed by atoms with E-state index in [4.69, 9.17) is 0 Å². The zero-order valence-electron chi connectivity index (χ0n) is 11.3. The van der Waals surface area contributed by atoms with Crippen LogP contribution in [0.1, 0.15) is 5.56 Å². The summed E-state index contributed by atoms with van der Waals surface area (Å²) in [7, 11) is 3.80. The van der Waals surface area contributed by atoms with Crippen LogP contribution in [0.5, 0.6) is 0 Å². The van der Waals surface area contributed by atoms with Crippen molar-refractivity contribution in [2.24, 2.45) is 4.99 Å². The second-order valence-electron chi connectivity index (χ2n) is 4.45. The number of hydrogen-bond acceptors (Lipinski definition) is 4. The summed E-state index contributed by atoms with van der Waals surface area (Å²) in [6.07, 6.45) is 3.75. The first-order chi connectivity index (χ1) is 9.11. The molecule has 1 amide bonds. The Hall–Kier alpha value is -1.75. The van der Waals surface area contributed by atoms with E-state index >= 15 is 0 Å². The van der Waals surface area contributed by atoms with Gasteiger partial charge in [-0.05, 0) is 11.8 Å². The Balaban J connectivity index is 2.28. The molecule has 0 spiro atoms. The molecule has 0 atom stereocenters. The molecule has 5 heteroatoms. The van der Waals surface area contributed by atoms with Crippen LogP contribution in [0.2, 0.25) is 0 Å². The normalized spacial score (nSPS) is 17.0. The Kier molecular flexibility index (Phi) is 4.27. The van der Waals surface area contributed by atoms with Crippen molar-refractivity contribution in [2.75, 3.05) is 20.4 Å². The van der Waals surface area contributed by atoms with Gasteiger partial charge in [0.05, 0.1) is 6.54 Å². The van der Waals surface area contributed by atoms with Gasteiger partial charge in [0, 0.05) is 20.3 Å². The van der Waals surface area contributed by atoms with E-state index in [1.807, 2.05) is 66.7 Å². The number of carbonyl (C=O) groups is 1. The number of rotatable bonds is 3. The van der Waals surface area contributed by atoms with E-state index in [-0.39, 0.29) is 5.91 Å². The summed E-state index contributed by atoms with van der Waals surface area (Å²) in [6.45, 7) is 0.659. The van der Waals surface area contributed by atoms with Gasteiger partial charge in [0.2, 0.25) is 0 Å². The molecule has 19 heavy (non-hydrogen) atoms. The largest absolute Gasteiger partial charge is 0.382 e. The first-order valence-electron chi connectivity index (χ1n) is 5.98. The van der Waals surface area contributed by atoms with Crippen molar-refractivity contribution >= 4 is 22.8 Å². The Labute approximate surface area is 117 Å². The zero-order chi connectivity index (χ0) is 13.8. The van der Waals surface area contributed by atoms with Crippen LogP contribution in [-0.2, 0) is 11.3 Å². The van der Waals surface area contributed by atoms with Crippen LogP contribution in [0, 0.1) is 0 Å². The van der Waals surface area contributed by atoms with E-state index < -0.39 is 0 Å². The first-order valence-corrected chi connectivity index (χ1v) is 7.21. The van der Waals surface area contributed by atoms with E-state index in [1.165, 1.54) is 11.8 Å². The van der Waals surface area contributed by atoms with Crippen molar-refractivity contribution in [2.45, 2.75) is 6.54 Å². The number of carbonyl (C=O) groups excluding carboxylic acids is 1. The van der Waals surface area contributed by atoms with Gasteiger partial charge in [0.1, 0.15) is 5.70 Å². The van der Waals surface area contributed by atoms with Crippen molar-refractivity contribution in [3.05, 3.63) is 47.8 Å². The molecule has 0 saturated carbocycles. The van der Waals surface area contributed by atoms with Crippen molar-refractivity contribution in [3.63, 3.8) is 0 Å². The number of benzene rings is 1. The molecule has 1 aliphatic heterocycles. The van der Waals surface area contributed by atoms with Gasteiger partial charge in [-0.25, -0.2) is 0 Å². The van der Waals surface area contributed by atoms with Crippen LogP contribution in [0.15, 0.2) is 47.2 Å². The molecule has 0 bridgehead atoms. The predicted molar refractivity (Wildman–Crippen MR) is 79.7 cm³/mol. The van der Waals surface area contributed by atoms with E-state index in [0.29, 0.717) is 12.2 Å². The average Bonchev–Trinajstić information content (AvgIpc) is 2.68. The highest BCUT2D eigenvalue weighted by Gasteiger charge is 2.29. The van der Waals surface area contributed by atoms with E-state index in [0.717, 1.165) is 10.7 Å². The number of thioether (sulfide) groups is 1. The molecule has 1 aliphatic rings. The fraction of sp³-hybridized carbons (Fsp3) is 0.286. The van der Waals surface area contributed by atoms with Crippen molar-refractivity contribution < 1.29 is 4.79 Å². The monoisotopic (exact) mass is 275 g/mol. The molecule has 4 nitrogen and oxygen atoms in total. The van der Waals surface area contributed by atoms with Gasteiger partial charge >= 0.3 is 0 Å². The SMILES string of the molecule is CSC1=NC(=O)/C(=C\N(C)C)N1Cc1ccccc1. The van der Waals surface area contributed by atoms with Crippen LogP contribution in [0.3, 0.4) is 0 Å². The third-order valence-electron chi connectivity index (χ3n) is 2.68. The van der Waals surface area contributed by atoms with Gasteiger partial charge in [-0.15, -0.1) is 0 Å². The molecule has 0 fully saturated rings. The van der Waals surface area contributed by atoms with E-state index in [9.17, 15) is 4.79 Å². The summed E-state index contributed by atoms with van der Waals surface area (Å²) < 4.78 is 0. The standard InChI is InChI=1S/C14H17N3OS/c1-16(2)10-12-13(18)15-14(19-3)17(12)9-11-7-5-4-6-8-11/h4-8,10H,9H2,1-3H3/b12-10+. The van der Waals surface area contributed by atoms with E-state index in [2.05, 4.69) is 4.99 Å². The number of nitrogens with zero attached hydrogens (tertiary/aromatic N) is 3. The number of hydrogen-bond donors (Lipinski definition) is 0. The van der Waals surface area contributed by atoms with Crippen LogP contribution >= 0.6 is 11.8 Å². The molecule has 1 aromatic carbocycles. The summed E-state index contributed by atoms with van der Waals surface area (Å²) in [5.41, 5.74) is 1.78. The molecule has 2 rings (SSSR count). The minimum Gasteiger partial charge on any atom is -0.382 e. The zero-order valence-corrected chi connectivity index (χ0v) is 12.1. The molecule has 1 heterocycles. The first kappa shape index (κ1) is 13.7. The maximum absolute atomic E-state index is 11.9. The molecule has 0 radical (unpaired) electrons. The van der Waals surface area contributed by atoms with Gasteiger partial charge in [-0.2, -0.15) is 4.99 Å². The molecule has 0 saturated heterocycles. The second kappa shape index (κ2) is 5.93. The molecule has 0 unspecified atom stereocenters. The topological polar surface area (TPSA) is 35.9 Å². The Morgan fingerprint density at radius 1 is 1.32 bits per heavy atom. The highest BCUT2D eigenvalue weighted by Crippen LogP contribution is 2.24. The molecule has 0 N–H and O–H groups in total. The summed E-state index contributed by atoms with van der Waals surface area (Å²) in [5, 5.41) is 0.752. The summed E-state index contributed by atoms with van der Waals surface area (Å²) >= 11 is 1.49. The third kappa shape index (κ3) is 3.17. The highest BCUT2D eigenvalue weighted by atomic mass is 32.2. The minimum absolute atomic E-state index is 0.172. The van der Waals surface area contributed by atoms with Crippen LogP contribution in [-0.4, -0.2) is 41.2 Å². The van der Waals surface area contributed by atoms with Crippen molar-refractivity contribution in [1.29, 1.82) is 0 Å². The van der Waals surface area contributed by atoms with Gasteiger partial charge in [0.25, 0.3) is 5.91 Å². The summed E-state index contributed by atoms with van der Waals surface area (Å²) in [4.78, 5) is 19.9. The van der Waals surface area contributed by atoms with Gasteiger partial charge in [-0.3, -0.25) is 4.79 Å². The summed E-state index contributed by atoms with van der Waals surface area (Å²) in [6, 6.07) is 10.1. The van der Waals surface area contributed by atoms with Crippen LogP contribution < -0.4 is 0 Å². The average molecular weight is 275 g/mol. The Morgan fingerprint density at radius 2 is 2.00 bits per heavy atom. The lowest BCUT2D eigenvalue weighted by molar-refractivity contribution is -0.114. The highest BCUT2D eigenvalue weighted by molar-refractivity contribution is 8.13. The maximum atomic E-state index is 11.9. The van der Waals surface area contributed by atoms with Gasteiger partial charge < -0.3 is 9.80 Å². The smallest absolute Gasteiger partial charge is 0.297 e. The molecule has 100 valence electrons. The van der Waals surface area contributed by atoms with E-state index in [1.54, 1.807) is 0 Å². The maximum Gasteiger partial charge on any atom is 0.297 e. The van der Waals surface area contributed by atoms with Crippen LogP contribution in [0.4, 0.5) is 0 Å². The predicted octanol–water partition coefficient (Wildman–Crippen LogP) is 2.15. The lowest BCUT2D eigenvalue weighted by atomic mass is 10.2. The Bertz CT molecular complexity index is 523. The van der Waals surface area contributed by atoms with Gasteiger partial charge in [-0.1, -0.05) is 42.1 Å². The molecular formula is C14H17N3OS. The van der Waals surface area contributed by atoms with Crippen molar-refractivity contribution in [3.8, 4) is 0 Å². The second-order valence-corrected chi connectivity index (χ2v) is 5.23. The lowest BCUT2D eigenvalue weighted by Crippen LogP contribution is -2.25. The molecule has 0 aromatic heterocycles. The van der Waals surface area contributed by atoms with Gasteiger partial charge in [0.15, 0.2) is 5.17 Å². The molecule has 0 aliphatic carbocycles. The molecular weight excluding hydrogens is 258 g/mol. The fourth-order valence-electron chi connectivity index (χ4n) is 1.87. The minimum atomic E-state index is -0.172. The fourth-order valence-corrected chi connectivity index (χ4v) is 2.42. The van der Waals surface area contributed by atoms with Crippen molar-refractivity contribution in [1.82, 2.24) is 9.80 Å². The number of amides is 1.